The van der Waals surface area contributed by atoms with Crippen molar-refractivity contribution in [1.82, 2.24) is 14.6 Å². The molecule has 1 amide bonds. The van der Waals surface area contributed by atoms with Gasteiger partial charge in [0.1, 0.15) is 17.3 Å². The number of aromatic nitrogens is 3. The van der Waals surface area contributed by atoms with E-state index in [1.54, 1.807) is 36.0 Å². The second-order valence-corrected chi connectivity index (χ2v) is 6.68. The first-order valence-electron chi connectivity index (χ1n) is 9.58. The molecule has 0 aliphatic carbocycles. The monoisotopic (exact) mass is 406 g/mol. The molecule has 8 heteroatoms. The number of hydrogen-bond donors (Lipinski definition) is 1. The van der Waals surface area contributed by atoms with Crippen molar-refractivity contribution in [3.63, 3.8) is 0 Å². The smallest absolute Gasteiger partial charge is 0.250 e. The van der Waals surface area contributed by atoms with Gasteiger partial charge in [0.05, 0.1) is 31.9 Å². The lowest BCUT2D eigenvalue weighted by atomic mass is 10.1. The van der Waals surface area contributed by atoms with Crippen molar-refractivity contribution < 1.29 is 18.7 Å². The third-order valence-corrected chi connectivity index (χ3v) is 4.58. The van der Waals surface area contributed by atoms with Gasteiger partial charge in [-0.2, -0.15) is 4.52 Å². The minimum absolute atomic E-state index is 0.124. The lowest BCUT2D eigenvalue weighted by Gasteiger charge is -2.10. The molecule has 4 aromatic rings. The number of anilines is 1. The van der Waals surface area contributed by atoms with E-state index in [0.717, 1.165) is 17.1 Å². The maximum Gasteiger partial charge on any atom is 0.250 e. The van der Waals surface area contributed by atoms with Crippen LogP contribution in [-0.4, -0.2) is 34.2 Å². The molecule has 0 radical (unpaired) electrons. The Morgan fingerprint density at radius 1 is 1.20 bits per heavy atom. The fraction of sp³-hybridized carbons (Fsp3) is 0.227. The van der Waals surface area contributed by atoms with E-state index >= 15 is 0 Å². The molecule has 1 N–H and O–H groups in total. The summed E-state index contributed by atoms with van der Waals surface area (Å²) in [6, 6.07) is 12.8. The molecule has 0 saturated heterocycles. The van der Waals surface area contributed by atoms with E-state index in [2.05, 4.69) is 15.4 Å². The molecule has 0 fully saturated rings. The van der Waals surface area contributed by atoms with Crippen LogP contribution < -0.4 is 14.8 Å². The molecule has 0 atom stereocenters. The minimum atomic E-state index is -0.124. The molecule has 2 aromatic heterocycles. The number of carbonyl (C=O) groups excluding carboxylic acids is 1. The first-order valence-corrected chi connectivity index (χ1v) is 9.58. The summed E-state index contributed by atoms with van der Waals surface area (Å²) in [4.78, 5) is 16.6. The number of amides is 1. The molecule has 30 heavy (non-hydrogen) atoms. The number of hydrogen-bond acceptors (Lipinski definition) is 6. The van der Waals surface area contributed by atoms with E-state index in [0.29, 0.717) is 35.2 Å². The number of nitrogens with one attached hydrogen (secondary N) is 1. The third kappa shape index (κ3) is 3.98. The Bertz CT molecular complexity index is 1180. The van der Waals surface area contributed by atoms with E-state index < -0.39 is 0 Å². The highest BCUT2D eigenvalue weighted by Gasteiger charge is 2.16. The molecule has 2 aromatic carbocycles. The van der Waals surface area contributed by atoms with Crippen molar-refractivity contribution in [2.24, 2.45) is 0 Å². The van der Waals surface area contributed by atoms with Crippen LogP contribution in [-0.2, 0) is 11.2 Å². The number of nitrogens with zero attached hydrogens (tertiary/aromatic N) is 3. The number of methoxy groups -OCH3 is 1. The molecule has 154 valence electrons. The fourth-order valence-corrected chi connectivity index (χ4v) is 3.13. The van der Waals surface area contributed by atoms with Crippen LogP contribution in [0.5, 0.6) is 11.5 Å². The van der Waals surface area contributed by atoms with Crippen molar-refractivity contribution in [2.45, 2.75) is 20.3 Å². The minimum Gasteiger partial charge on any atom is -0.496 e. The summed E-state index contributed by atoms with van der Waals surface area (Å²) in [7, 11) is 1.56. The average molecular weight is 406 g/mol. The zero-order chi connectivity index (χ0) is 21.1. The quantitative estimate of drug-likeness (QED) is 0.501. The Balaban J connectivity index is 1.48. The van der Waals surface area contributed by atoms with Gasteiger partial charge in [-0.1, -0.05) is 12.1 Å². The van der Waals surface area contributed by atoms with Crippen LogP contribution in [0.2, 0.25) is 0 Å². The molecule has 4 rings (SSSR count). The number of aryl methyl sites for hydroxylation is 1. The van der Waals surface area contributed by atoms with E-state index in [1.807, 2.05) is 38.1 Å². The Kier molecular flexibility index (Phi) is 5.38. The van der Waals surface area contributed by atoms with Crippen LogP contribution in [0.15, 0.2) is 53.1 Å². The number of ether oxygens (including phenoxy) is 2. The van der Waals surface area contributed by atoms with Crippen molar-refractivity contribution in [1.29, 1.82) is 0 Å². The molecular weight excluding hydrogens is 384 g/mol. The van der Waals surface area contributed by atoms with Gasteiger partial charge in [0.2, 0.25) is 17.5 Å². The van der Waals surface area contributed by atoms with Gasteiger partial charge in [-0.25, -0.2) is 4.98 Å². The second-order valence-electron chi connectivity index (χ2n) is 6.68. The van der Waals surface area contributed by atoms with Gasteiger partial charge in [-0.15, -0.1) is 5.10 Å². The van der Waals surface area contributed by atoms with Crippen molar-refractivity contribution in [2.75, 3.05) is 19.0 Å². The summed E-state index contributed by atoms with van der Waals surface area (Å²) in [5, 5.41) is 7.33. The van der Waals surface area contributed by atoms with Gasteiger partial charge in [0, 0.05) is 11.8 Å². The Morgan fingerprint density at radius 2 is 2.00 bits per heavy atom. The average Bonchev–Trinajstić information content (AvgIpc) is 3.31. The number of fused-ring (bicyclic) bond motifs is 1. The number of carbonyl (C=O) groups is 1. The van der Waals surface area contributed by atoms with Gasteiger partial charge < -0.3 is 19.2 Å². The Morgan fingerprint density at radius 3 is 2.70 bits per heavy atom. The van der Waals surface area contributed by atoms with Crippen LogP contribution in [0, 0.1) is 6.92 Å². The van der Waals surface area contributed by atoms with E-state index in [1.165, 1.54) is 0 Å². The van der Waals surface area contributed by atoms with Crippen LogP contribution in [0.1, 0.15) is 18.3 Å². The highest BCUT2D eigenvalue weighted by atomic mass is 16.5. The molecule has 0 unspecified atom stereocenters. The van der Waals surface area contributed by atoms with E-state index in [4.69, 9.17) is 13.9 Å². The predicted octanol–water partition coefficient (Wildman–Crippen LogP) is 3.89. The molecule has 0 saturated carbocycles. The number of benzene rings is 2. The van der Waals surface area contributed by atoms with Crippen LogP contribution in [0.3, 0.4) is 0 Å². The number of imidazole rings is 1. The Labute approximate surface area is 173 Å². The highest BCUT2D eigenvalue weighted by molar-refractivity contribution is 5.93. The summed E-state index contributed by atoms with van der Waals surface area (Å²) >= 11 is 0. The molecule has 0 spiro atoms. The molecule has 2 heterocycles. The van der Waals surface area contributed by atoms with Gasteiger partial charge in [-0.05, 0) is 43.7 Å². The first-order chi connectivity index (χ1) is 14.6. The maximum absolute atomic E-state index is 12.4. The van der Waals surface area contributed by atoms with Gasteiger partial charge in [0.15, 0.2) is 0 Å². The van der Waals surface area contributed by atoms with Gasteiger partial charge in [-0.3, -0.25) is 4.79 Å². The summed E-state index contributed by atoms with van der Waals surface area (Å²) in [6.45, 7) is 4.39. The fourth-order valence-electron chi connectivity index (χ4n) is 3.13. The summed E-state index contributed by atoms with van der Waals surface area (Å²) in [5.74, 6) is 2.36. The SMILES string of the molecule is CCOc1ccc(CC(=O)Nc2ccc(-c3nn4c(C)ncc4o3)c(OC)c2)cc1. The largest absolute Gasteiger partial charge is 0.496 e. The number of rotatable bonds is 7. The lowest BCUT2D eigenvalue weighted by molar-refractivity contribution is -0.115. The highest BCUT2D eigenvalue weighted by Crippen LogP contribution is 2.32. The molecule has 0 aliphatic rings. The molecule has 8 nitrogen and oxygen atoms in total. The molecule has 0 bridgehead atoms. The van der Waals surface area contributed by atoms with Crippen molar-refractivity contribution >= 4 is 17.3 Å². The zero-order valence-corrected chi connectivity index (χ0v) is 17.0. The second kappa shape index (κ2) is 8.28. The summed E-state index contributed by atoms with van der Waals surface area (Å²) < 4.78 is 18.3. The van der Waals surface area contributed by atoms with Crippen LogP contribution in [0.4, 0.5) is 5.69 Å². The third-order valence-electron chi connectivity index (χ3n) is 4.58. The zero-order valence-electron chi connectivity index (χ0n) is 17.0. The maximum atomic E-state index is 12.4. The molecular formula is C22H22N4O4. The van der Waals surface area contributed by atoms with Gasteiger partial charge in [0.25, 0.3) is 0 Å². The summed E-state index contributed by atoms with van der Waals surface area (Å²) in [6.07, 6.45) is 1.88. The normalized spacial score (nSPS) is 10.9. The van der Waals surface area contributed by atoms with E-state index in [-0.39, 0.29) is 12.3 Å². The van der Waals surface area contributed by atoms with Crippen LogP contribution >= 0.6 is 0 Å². The van der Waals surface area contributed by atoms with Gasteiger partial charge >= 0.3 is 0 Å². The standard InChI is InChI=1S/C22H22N4O4/c1-4-29-17-8-5-15(6-9-17)11-20(27)24-16-7-10-18(19(12-16)28-3)22-25-26-14(2)23-13-21(26)30-22/h5-10,12-13H,4,11H2,1-3H3,(H,24,27). The Hall–Kier alpha value is -3.81. The van der Waals surface area contributed by atoms with Crippen LogP contribution in [0.25, 0.3) is 17.2 Å². The lowest BCUT2D eigenvalue weighted by Crippen LogP contribution is -2.14. The van der Waals surface area contributed by atoms with E-state index in [9.17, 15) is 4.79 Å². The van der Waals surface area contributed by atoms with Crippen molar-refractivity contribution in [3.05, 3.63) is 60.0 Å². The first kappa shape index (κ1) is 19.5. The summed E-state index contributed by atoms with van der Waals surface area (Å²) in [5.41, 5.74) is 2.77. The predicted molar refractivity (Wildman–Crippen MR) is 112 cm³/mol. The molecule has 0 aliphatic heterocycles. The topological polar surface area (TPSA) is 90.9 Å². The van der Waals surface area contributed by atoms with Crippen molar-refractivity contribution in [3.8, 4) is 23.0 Å².